The molecule has 2 N–H and O–H groups in total. The number of carbonyl (C=O) groups excluding carboxylic acids is 1. The SMILES string of the molecule is C[C@H](CO)N1C[C@H](C)[C@H](CN(C)C)Oc2ccc(NS(=O)(=O)c3cccs3)cc2CC1=O. The fourth-order valence-corrected chi connectivity index (χ4v) is 5.74. The van der Waals surface area contributed by atoms with Crippen LogP contribution < -0.4 is 9.46 Å². The molecule has 0 radical (unpaired) electrons. The molecule has 1 amide bonds. The maximum atomic E-state index is 13.2. The molecule has 3 atom stereocenters. The lowest BCUT2D eigenvalue weighted by atomic mass is 10.0. The molecule has 1 aliphatic heterocycles. The van der Waals surface area contributed by atoms with E-state index in [1.807, 2.05) is 32.8 Å². The number of thiophene rings is 1. The molecular formula is C22H31N3O5S2. The first-order chi connectivity index (χ1) is 15.1. The molecular weight excluding hydrogens is 450 g/mol. The predicted molar refractivity (Wildman–Crippen MR) is 126 cm³/mol. The van der Waals surface area contributed by atoms with Crippen molar-refractivity contribution in [3.63, 3.8) is 0 Å². The summed E-state index contributed by atoms with van der Waals surface area (Å²) in [5, 5.41) is 11.4. The second-order valence-electron chi connectivity index (χ2n) is 8.51. The molecule has 0 aliphatic carbocycles. The van der Waals surface area contributed by atoms with Crippen LogP contribution in [0, 0.1) is 5.92 Å². The van der Waals surface area contributed by atoms with Gasteiger partial charge >= 0.3 is 0 Å². The fourth-order valence-electron chi connectivity index (χ4n) is 3.69. The van der Waals surface area contributed by atoms with E-state index >= 15 is 0 Å². The Morgan fingerprint density at radius 1 is 1.34 bits per heavy atom. The van der Waals surface area contributed by atoms with Gasteiger partial charge in [-0.25, -0.2) is 8.42 Å². The van der Waals surface area contributed by atoms with Crippen LogP contribution in [-0.4, -0.2) is 75.2 Å². The van der Waals surface area contributed by atoms with Gasteiger partial charge in [0.25, 0.3) is 10.0 Å². The van der Waals surface area contributed by atoms with Gasteiger partial charge in [-0.1, -0.05) is 13.0 Å². The van der Waals surface area contributed by atoms with Gasteiger partial charge in [0.05, 0.1) is 19.1 Å². The molecule has 0 fully saturated rings. The van der Waals surface area contributed by atoms with E-state index in [2.05, 4.69) is 4.72 Å². The van der Waals surface area contributed by atoms with Gasteiger partial charge in [0.1, 0.15) is 16.1 Å². The zero-order chi connectivity index (χ0) is 23.5. The zero-order valence-corrected chi connectivity index (χ0v) is 20.4. The standard InChI is InChI=1S/C22H31N3O5S2/c1-15-12-25(16(2)14-26)21(27)11-17-10-18(23-32(28,29)22-6-5-9-31-22)7-8-19(17)30-20(15)13-24(3)4/h5-10,15-16,20,23,26H,11-14H2,1-4H3/t15-,16+,20-/m0/s1. The maximum Gasteiger partial charge on any atom is 0.271 e. The number of hydrogen-bond acceptors (Lipinski definition) is 7. The van der Waals surface area contributed by atoms with Crippen molar-refractivity contribution in [1.82, 2.24) is 9.80 Å². The summed E-state index contributed by atoms with van der Waals surface area (Å²) < 4.78 is 34.4. The number of benzene rings is 1. The third-order valence-corrected chi connectivity index (χ3v) is 8.25. The van der Waals surface area contributed by atoms with Gasteiger partial charge < -0.3 is 19.6 Å². The van der Waals surface area contributed by atoms with Crippen molar-refractivity contribution < 1.29 is 23.1 Å². The van der Waals surface area contributed by atoms with Crippen LogP contribution in [0.25, 0.3) is 0 Å². The molecule has 0 unspecified atom stereocenters. The smallest absolute Gasteiger partial charge is 0.271 e. The van der Waals surface area contributed by atoms with E-state index in [1.165, 1.54) is 0 Å². The van der Waals surface area contributed by atoms with Crippen molar-refractivity contribution in [3.8, 4) is 5.75 Å². The summed E-state index contributed by atoms with van der Waals surface area (Å²) in [4.78, 5) is 16.9. The Balaban J connectivity index is 1.97. The van der Waals surface area contributed by atoms with Gasteiger partial charge in [-0.3, -0.25) is 9.52 Å². The number of anilines is 1. The highest BCUT2D eigenvalue weighted by Crippen LogP contribution is 2.30. The molecule has 8 nitrogen and oxygen atoms in total. The number of sulfonamides is 1. The number of nitrogens with one attached hydrogen (secondary N) is 1. The van der Waals surface area contributed by atoms with Gasteiger partial charge in [-0.15, -0.1) is 11.3 Å². The largest absolute Gasteiger partial charge is 0.488 e. The number of aliphatic hydroxyl groups is 1. The summed E-state index contributed by atoms with van der Waals surface area (Å²) in [6.07, 6.45) is -0.132. The van der Waals surface area contributed by atoms with Crippen molar-refractivity contribution in [2.75, 3.05) is 38.5 Å². The first kappa shape index (κ1) is 24.5. The van der Waals surface area contributed by atoms with Crippen LogP contribution in [0.3, 0.4) is 0 Å². The molecule has 0 spiro atoms. The Labute approximate surface area is 193 Å². The molecule has 32 heavy (non-hydrogen) atoms. The number of likely N-dealkylation sites (N-methyl/N-ethyl adjacent to an activating group) is 1. The van der Waals surface area contributed by atoms with Crippen LogP contribution in [-0.2, 0) is 21.2 Å². The molecule has 0 saturated carbocycles. The lowest BCUT2D eigenvalue weighted by Crippen LogP contribution is -2.47. The fraction of sp³-hybridized carbons (Fsp3) is 0.500. The van der Waals surface area contributed by atoms with Gasteiger partial charge in [-0.05, 0) is 50.7 Å². The van der Waals surface area contributed by atoms with Crippen molar-refractivity contribution in [2.45, 2.75) is 36.6 Å². The van der Waals surface area contributed by atoms with E-state index in [-0.39, 0.29) is 41.2 Å². The van der Waals surface area contributed by atoms with Crippen LogP contribution >= 0.6 is 11.3 Å². The van der Waals surface area contributed by atoms with Crippen LogP contribution in [0.5, 0.6) is 5.75 Å². The normalized spacial score (nSPS) is 20.7. The van der Waals surface area contributed by atoms with Crippen molar-refractivity contribution in [2.24, 2.45) is 5.92 Å². The van der Waals surface area contributed by atoms with E-state index < -0.39 is 10.0 Å². The minimum absolute atomic E-state index is 0.0262. The van der Waals surface area contributed by atoms with Crippen molar-refractivity contribution >= 4 is 33.0 Å². The first-order valence-electron chi connectivity index (χ1n) is 10.5. The summed E-state index contributed by atoms with van der Waals surface area (Å²) in [7, 11) is 0.223. The van der Waals surface area contributed by atoms with Gasteiger partial charge in [0.15, 0.2) is 0 Å². The summed E-state index contributed by atoms with van der Waals surface area (Å²) in [6, 6.07) is 7.92. The van der Waals surface area contributed by atoms with Crippen molar-refractivity contribution in [1.29, 1.82) is 0 Å². The topological polar surface area (TPSA) is 99.2 Å². The quantitative estimate of drug-likeness (QED) is 0.629. The highest BCUT2D eigenvalue weighted by atomic mass is 32.2. The van der Waals surface area contributed by atoms with E-state index in [9.17, 15) is 18.3 Å². The zero-order valence-electron chi connectivity index (χ0n) is 18.8. The third kappa shape index (κ3) is 5.80. The minimum atomic E-state index is -3.70. The molecule has 2 aromatic rings. The molecule has 3 rings (SSSR count). The van der Waals surface area contributed by atoms with E-state index in [4.69, 9.17) is 4.74 Å². The average molecular weight is 482 g/mol. The number of nitrogens with zero attached hydrogens (tertiary/aromatic N) is 2. The van der Waals surface area contributed by atoms with E-state index in [0.717, 1.165) is 11.3 Å². The average Bonchev–Trinajstić information content (AvgIpc) is 3.28. The Morgan fingerprint density at radius 3 is 2.72 bits per heavy atom. The Bertz CT molecular complexity index is 1020. The maximum absolute atomic E-state index is 13.2. The number of amides is 1. The molecule has 1 aliphatic rings. The monoisotopic (exact) mass is 481 g/mol. The van der Waals surface area contributed by atoms with E-state index in [0.29, 0.717) is 30.1 Å². The van der Waals surface area contributed by atoms with Crippen molar-refractivity contribution in [3.05, 3.63) is 41.3 Å². The molecule has 0 saturated heterocycles. The summed E-state index contributed by atoms with van der Waals surface area (Å²) in [5.74, 6) is 0.458. The first-order valence-corrected chi connectivity index (χ1v) is 12.9. The molecule has 2 heterocycles. The number of fused-ring (bicyclic) bond motifs is 1. The molecule has 10 heteroatoms. The van der Waals surface area contributed by atoms with Crippen LogP contribution in [0.15, 0.2) is 39.9 Å². The summed E-state index contributed by atoms with van der Waals surface area (Å²) >= 11 is 1.14. The number of rotatable bonds is 7. The second-order valence-corrected chi connectivity index (χ2v) is 11.4. The molecule has 0 bridgehead atoms. The highest BCUT2D eigenvalue weighted by molar-refractivity contribution is 7.94. The second kappa shape index (κ2) is 10.2. The van der Waals surface area contributed by atoms with Crippen LogP contribution in [0.2, 0.25) is 0 Å². The summed E-state index contributed by atoms with van der Waals surface area (Å²) in [5.41, 5.74) is 0.973. The third-order valence-electron chi connectivity index (χ3n) is 5.47. The number of ether oxygens (including phenoxy) is 1. The number of hydrogen-bond donors (Lipinski definition) is 2. The Hall–Kier alpha value is -2.14. The predicted octanol–water partition coefficient (Wildman–Crippen LogP) is 2.26. The molecule has 176 valence electrons. The Morgan fingerprint density at radius 2 is 2.09 bits per heavy atom. The van der Waals surface area contributed by atoms with Gasteiger partial charge in [0.2, 0.25) is 5.91 Å². The molecule has 1 aromatic heterocycles. The molecule has 1 aromatic carbocycles. The van der Waals surface area contributed by atoms with Gasteiger partial charge in [-0.2, -0.15) is 0 Å². The van der Waals surface area contributed by atoms with Crippen LogP contribution in [0.4, 0.5) is 5.69 Å². The lowest BCUT2D eigenvalue weighted by Gasteiger charge is -2.33. The van der Waals surface area contributed by atoms with Crippen LogP contribution in [0.1, 0.15) is 19.4 Å². The summed E-state index contributed by atoms with van der Waals surface area (Å²) in [6.45, 7) is 4.84. The van der Waals surface area contributed by atoms with E-state index in [1.54, 1.807) is 40.6 Å². The number of aliphatic hydroxyl groups excluding tert-OH is 1. The number of carbonyl (C=O) groups is 1. The Kier molecular flexibility index (Phi) is 7.81. The van der Waals surface area contributed by atoms with Gasteiger partial charge in [0, 0.05) is 30.3 Å². The highest BCUT2D eigenvalue weighted by Gasteiger charge is 2.31. The minimum Gasteiger partial charge on any atom is -0.488 e. The lowest BCUT2D eigenvalue weighted by molar-refractivity contribution is -0.134.